The molecule has 0 aliphatic carbocycles. The number of nitriles is 1. The van der Waals surface area contributed by atoms with Crippen LogP contribution in [0.15, 0.2) is 42.5 Å². The molecule has 0 bridgehead atoms. The summed E-state index contributed by atoms with van der Waals surface area (Å²) >= 11 is 1.88. The Morgan fingerprint density at radius 1 is 1.30 bits per heavy atom. The Morgan fingerprint density at radius 3 is 2.57 bits per heavy atom. The summed E-state index contributed by atoms with van der Waals surface area (Å²) in [6, 6.07) is 12.5. The predicted molar refractivity (Wildman–Crippen MR) is 91.3 cm³/mol. The lowest BCUT2D eigenvalue weighted by Crippen LogP contribution is -2.13. The summed E-state index contributed by atoms with van der Waals surface area (Å²) in [7, 11) is 0. The molecule has 23 heavy (non-hydrogen) atoms. The second kappa shape index (κ2) is 7.55. The molecule has 0 atom stereocenters. The Balaban J connectivity index is 2.10. The number of nitro groups is 1. The maximum Gasteiger partial charge on any atom is 0.270 e. The molecule has 2 aromatic rings. The number of nitrogens with zero attached hydrogens (tertiary/aromatic N) is 2. The number of hydrogen-bond donors (Lipinski definition) is 1. The fraction of sp³-hybridized carbons (Fsp3) is 0.0667. The molecule has 7 nitrogen and oxygen atoms in total. The molecule has 0 aromatic heterocycles. The number of non-ortho nitro benzene ring substituents is 1. The van der Waals surface area contributed by atoms with Crippen molar-refractivity contribution in [1.29, 1.82) is 5.26 Å². The van der Waals surface area contributed by atoms with E-state index < -0.39 is 4.92 Å². The van der Waals surface area contributed by atoms with Crippen molar-refractivity contribution in [2.75, 3.05) is 11.9 Å². The highest BCUT2D eigenvalue weighted by atomic mass is 127. The third-order valence-corrected chi connectivity index (χ3v) is 3.72. The van der Waals surface area contributed by atoms with Crippen molar-refractivity contribution in [2.24, 2.45) is 0 Å². The SMILES string of the molecule is N#CCOc1ccc(NC(=O)c2ccc([N+](=O)[O-])cc2I)cc1. The van der Waals surface area contributed by atoms with Crippen molar-refractivity contribution in [2.45, 2.75) is 0 Å². The lowest BCUT2D eigenvalue weighted by atomic mass is 10.2. The van der Waals surface area contributed by atoms with Crippen LogP contribution < -0.4 is 10.1 Å². The van der Waals surface area contributed by atoms with Crippen LogP contribution in [0.1, 0.15) is 10.4 Å². The molecule has 0 aliphatic rings. The monoisotopic (exact) mass is 423 g/mol. The zero-order valence-corrected chi connectivity index (χ0v) is 13.8. The van der Waals surface area contributed by atoms with Gasteiger partial charge in [-0.2, -0.15) is 5.26 Å². The first-order chi connectivity index (χ1) is 11.0. The van der Waals surface area contributed by atoms with Gasteiger partial charge in [0.05, 0.1) is 10.5 Å². The van der Waals surface area contributed by atoms with Crippen molar-refractivity contribution in [3.05, 3.63) is 61.7 Å². The molecule has 0 heterocycles. The van der Waals surface area contributed by atoms with Gasteiger partial charge in [-0.25, -0.2) is 0 Å². The molecule has 116 valence electrons. The van der Waals surface area contributed by atoms with Gasteiger partial charge in [-0.15, -0.1) is 0 Å². The van der Waals surface area contributed by atoms with E-state index in [1.54, 1.807) is 24.3 Å². The highest BCUT2D eigenvalue weighted by molar-refractivity contribution is 14.1. The van der Waals surface area contributed by atoms with Crippen molar-refractivity contribution in [3.8, 4) is 11.8 Å². The molecule has 1 N–H and O–H groups in total. The van der Waals surface area contributed by atoms with Gasteiger partial charge < -0.3 is 10.1 Å². The van der Waals surface area contributed by atoms with Gasteiger partial charge in [0, 0.05) is 21.4 Å². The van der Waals surface area contributed by atoms with Crippen molar-refractivity contribution in [3.63, 3.8) is 0 Å². The normalized spacial score (nSPS) is 9.74. The minimum Gasteiger partial charge on any atom is -0.479 e. The maximum atomic E-state index is 12.2. The van der Waals surface area contributed by atoms with Crippen LogP contribution >= 0.6 is 22.6 Å². The van der Waals surface area contributed by atoms with E-state index in [2.05, 4.69) is 5.32 Å². The smallest absolute Gasteiger partial charge is 0.270 e. The highest BCUT2D eigenvalue weighted by Crippen LogP contribution is 2.21. The molecule has 0 saturated heterocycles. The Morgan fingerprint density at radius 2 is 2.00 bits per heavy atom. The molecule has 2 aromatic carbocycles. The fourth-order valence-electron chi connectivity index (χ4n) is 1.75. The van der Waals surface area contributed by atoms with Crippen LogP contribution in [-0.2, 0) is 0 Å². The molecule has 0 spiro atoms. The number of rotatable bonds is 5. The van der Waals surface area contributed by atoms with Crippen LogP contribution in [0.4, 0.5) is 11.4 Å². The molecule has 2 rings (SSSR count). The van der Waals surface area contributed by atoms with Crippen molar-refractivity contribution >= 4 is 39.9 Å². The second-order valence-electron chi connectivity index (χ2n) is 4.35. The van der Waals surface area contributed by atoms with Gasteiger partial charge in [0.2, 0.25) is 0 Å². The molecular formula is C15H10IN3O4. The van der Waals surface area contributed by atoms with Crippen LogP contribution in [0.3, 0.4) is 0 Å². The minimum absolute atomic E-state index is 0.0489. The topological polar surface area (TPSA) is 105 Å². The third kappa shape index (κ3) is 4.40. The number of halogens is 1. The summed E-state index contributed by atoms with van der Waals surface area (Å²) in [6.07, 6.45) is 0. The first kappa shape index (κ1) is 16.7. The maximum absolute atomic E-state index is 12.2. The standard InChI is InChI=1S/C15H10IN3O4/c16-14-9-11(19(21)22)3-6-13(14)15(20)18-10-1-4-12(5-2-10)23-8-7-17/h1-6,9H,8H2,(H,18,20). The number of carbonyl (C=O) groups excluding carboxylic acids is 1. The first-order valence-corrected chi connectivity index (χ1v) is 7.44. The quantitative estimate of drug-likeness (QED) is 0.451. The molecule has 0 saturated carbocycles. The summed E-state index contributed by atoms with van der Waals surface area (Å²) < 4.78 is 5.60. The Hall–Kier alpha value is -2.67. The third-order valence-electron chi connectivity index (χ3n) is 2.82. The van der Waals surface area contributed by atoms with Gasteiger partial charge in [0.1, 0.15) is 11.8 Å². The Bertz CT molecular complexity index is 784. The van der Waals surface area contributed by atoms with Crippen LogP contribution in [0.2, 0.25) is 0 Å². The van der Waals surface area contributed by atoms with E-state index in [4.69, 9.17) is 10.00 Å². The summed E-state index contributed by atoms with van der Waals surface area (Å²) in [5.41, 5.74) is 0.833. The minimum atomic E-state index is -0.510. The first-order valence-electron chi connectivity index (χ1n) is 6.36. The van der Waals surface area contributed by atoms with Crippen LogP contribution in [-0.4, -0.2) is 17.4 Å². The number of benzene rings is 2. The van der Waals surface area contributed by atoms with E-state index in [9.17, 15) is 14.9 Å². The van der Waals surface area contributed by atoms with E-state index in [0.717, 1.165) is 0 Å². The summed E-state index contributed by atoms with van der Waals surface area (Å²) in [5.74, 6) is 0.157. The zero-order valence-electron chi connectivity index (χ0n) is 11.7. The molecule has 0 radical (unpaired) electrons. The molecule has 0 fully saturated rings. The molecule has 8 heteroatoms. The van der Waals surface area contributed by atoms with E-state index in [0.29, 0.717) is 20.6 Å². The molecular weight excluding hydrogens is 413 g/mol. The van der Waals surface area contributed by atoms with Gasteiger partial charge >= 0.3 is 0 Å². The second-order valence-corrected chi connectivity index (χ2v) is 5.51. The van der Waals surface area contributed by atoms with Crippen molar-refractivity contribution in [1.82, 2.24) is 0 Å². The Kier molecular flexibility index (Phi) is 5.48. The summed E-state index contributed by atoms with van der Waals surface area (Å²) in [6.45, 7) is -0.0489. The average molecular weight is 423 g/mol. The number of hydrogen-bond acceptors (Lipinski definition) is 5. The van der Waals surface area contributed by atoms with E-state index in [1.165, 1.54) is 18.2 Å². The molecule has 1 amide bonds. The van der Waals surface area contributed by atoms with Crippen molar-refractivity contribution < 1.29 is 14.5 Å². The zero-order chi connectivity index (χ0) is 16.8. The van der Waals surface area contributed by atoms with Crippen LogP contribution in [0, 0.1) is 25.0 Å². The van der Waals surface area contributed by atoms with E-state index in [1.807, 2.05) is 28.7 Å². The Labute approximate surface area is 145 Å². The lowest BCUT2D eigenvalue weighted by Gasteiger charge is -2.08. The molecule has 0 unspecified atom stereocenters. The predicted octanol–water partition coefficient (Wildman–Crippen LogP) is 3.35. The summed E-state index contributed by atoms with van der Waals surface area (Å²) in [5, 5.41) is 21.8. The molecule has 0 aliphatic heterocycles. The van der Waals surface area contributed by atoms with Crippen LogP contribution in [0.5, 0.6) is 5.75 Å². The van der Waals surface area contributed by atoms with Gasteiger partial charge in [-0.05, 0) is 52.9 Å². The number of anilines is 1. The fourth-order valence-corrected chi connectivity index (χ4v) is 2.49. The van der Waals surface area contributed by atoms with Crippen LogP contribution in [0.25, 0.3) is 0 Å². The number of amides is 1. The van der Waals surface area contributed by atoms with E-state index in [-0.39, 0.29) is 18.2 Å². The highest BCUT2D eigenvalue weighted by Gasteiger charge is 2.14. The van der Waals surface area contributed by atoms with Gasteiger partial charge in [-0.1, -0.05) is 0 Å². The van der Waals surface area contributed by atoms with Gasteiger partial charge in [0.15, 0.2) is 6.61 Å². The van der Waals surface area contributed by atoms with E-state index >= 15 is 0 Å². The lowest BCUT2D eigenvalue weighted by molar-refractivity contribution is -0.384. The number of nitro benzene ring substituents is 1. The largest absolute Gasteiger partial charge is 0.479 e. The van der Waals surface area contributed by atoms with Gasteiger partial charge in [0.25, 0.3) is 11.6 Å². The number of nitrogens with one attached hydrogen (secondary N) is 1. The average Bonchev–Trinajstić information content (AvgIpc) is 2.53. The van der Waals surface area contributed by atoms with Gasteiger partial charge in [-0.3, -0.25) is 14.9 Å². The number of ether oxygens (including phenoxy) is 1. The number of carbonyl (C=O) groups is 1. The summed E-state index contributed by atoms with van der Waals surface area (Å²) in [4.78, 5) is 22.4.